The summed E-state index contributed by atoms with van der Waals surface area (Å²) in [6.45, 7) is 7.68. The van der Waals surface area contributed by atoms with Crippen molar-refractivity contribution in [1.82, 2.24) is 0 Å². The van der Waals surface area contributed by atoms with Crippen LogP contribution in [0.4, 0.5) is 11.4 Å². The molecule has 1 aliphatic heterocycles. The average molecular weight is 487 g/mol. The summed E-state index contributed by atoms with van der Waals surface area (Å²) >= 11 is 0. The number of amides is 2. The molecule has 0 bridgehead atoms. The maximum atomic E-state index is 12.6. The summed E-state index contributed by atoms with van der Waals surface area (Å²) in [7, 11) is 0. The molecule has 1 heterocycles. The van der Waals surface area contributed by atoms with Crippen molar-refractivity contribution in [2.45, 2.75) is 34.1 Å². The molecule has 3 aromatic carbocycles. The topological polar surface area (TPSA) is 84.9 Å². The smallest absolute Gasteiger partial charge is 0.311 e. The predicted molar refractivity (Wildman–Crippen MR) is 138 cm³/mol. The first-order chi connectivity index (χ1) is 17.2. The van der Waals surface area contributed by atoms with Crippen LogP contribution in [-0.2, 0) is 19.1 Å². The molecule has 4 rings (SSSR count). The molecule has 3 aromatic rings. The number of esters is 1. The van der Waals surface area contributed by atoms with Gasteiger partial charge in [-0.3, -0.25) is 14.4 Å². The Hall–Kier alpha value is -4.13. The fraction of sp³-hybridized carbons (Fsp3) is 0.276. The molecule has 186 valence electrons. The first kappa shape index (κ1) is 25.0. The molecule has 0 radical (unpaired) electrons. The Morgan fingerprint density at radius 2 is 1.56 bits per heavy atom. The van der Waals surface area contributed by atoms with Crippen molar-refractivity contribution < 1.29 is 23.9 Å². The monoisotopic (exact) mass is 486 g/mol. The highest BCUT2D eigenvalue weighted by atomic mass is 16.5. The highest BCUT2D eigenvalue weighted by Gasteiger charge is 2.36. The summed E-state index contributed by atoms with van der Waals surface area (Å²) in [5.41, 5.74) is 5.59. The molecule has 0 aromatic heterocycles. The summed E-state index contributed by atoms with van der Waals surface area (Å²) in [4.78, 5) is 39.0. The Bertz CT molecular complexity index is 1280. The lowest BCUT2D eigenvalue weighted by atomic mass is 10.1. The van der Waals surface area contributed by atoms with Crippen LogP contribution in [-0.4, -0.2) is 30.9 Å². The second kappa shape index (κ2) is 10.6. The number of carbonyl (C=O) groups is 3. The van der Waals surface area contributed by atoms with Crippen molar-refractivity contribution in [2.24, 2.45) is 5.92 Å². The number of ether oxygens (including phenoxy) is 2. The number of nitrogens with zero attached hydrogens (tertiary/aromatic N) is 1. The van der Waals surface area contributed by atoms with Gasteiger partial charge in [-0.25, -0.2) is 0 Å². The van der Waals surface area contributed by atoms with Crippen LogP contribution in [0.1, 0.15) is 28.7 Å². The van der Waals surface area contributed by atoms with Crippen LogP contribution >= 0.6 is 0 Å². The Balaban J connectivity index is 1.31. The lowest BCUT2D eigenvalue weighted by Gasteiger charge is -2.17. The van der Waals surface area contributed by atoms with E-state index in [1.54, 1.807) is 29.2 Å². The largest absolute Gasteiger partial charge is 0.457 e. The number of hydrogen-bond acceptors (Lipinski definition) is 5. The summed E-state index contributed by atoms with van der Waals surface area (Å²) in [6, 6.07) is 18.8. The third kappa shape index (κ3) is 5.74. The van der Waals surface area contributed by atoms with Crippen LogP contribution in [0.5, 0.6) is 11.5 Å². The third-order valence-corrected chi connectivity index (χ3v) is 6.41. The number of aryl methyl sites for hydroxylation is 4. The van der Waals surface area contributed by atoms with Crippen LogP contribution in [0.3, 0.4) is 0 Å². The first-order valence-electron chi connectivity index (χ1n) is 11.9. The van der Waals surface area contributed by atoms with Crippen LogP contribution in [0.15, 0.2) is 60.7 Å². The van der Waals surface area contributed by atoms with Crippen LogP contribution in [0, 0.1) is 33.6 Å². The highest BCUT2D eigenvalue weighted by molar-refractivity contribution is 6.00. The number of benzene rings is 3. The maximum absolute atomic E-state index is 12.6. The van der Waals surface area contributed by atoms with Gasteiger partial charge < -0.3 is 19.7 Å². The van der Waals surface area contributed by atoms with Gasteiger partial charge in [0.2, 0.25) is 5.91 Å². The molecule has 1 atom stereocenters. The molecular weight excluding hydrogens is 456 g/mol. The fourth-order valence-corrected chi connectivity index (χ4v) is 4.16. The van der Waals surface area contributed by atoms with Gasteiger partial charge in [0, 0.05) is 24.3 Å². The SMILES string of the molecule is Cc1ccc(Oc2ccc(N3C[C@@H](C(=O)OCC(=O)Nc4c(C)cccc4C)CC3=O)cc2)cc1C. The zero-order valence-electron chi connectivity index (χ0n) is 21.0. The van der Waals surface area contributed by atoms with Crippen molar-refractivity contribution in [1.29, 1.82) is 0 Å². The number of nitrogens with one attached hydrogen (secondary N) is 1. The second-order valence-electron chi connectivity index (χ2n) is 9.17. The van der Waals surface area contributed by atoms with E-state index in [-0.39, 0.29) is 18.9 Å². The highest BCUT2D eigenvalue weighted by Crippen LogP contribution is 2.30. The predicted octanol–water partition coefficient (Wildman–Crippen LogP) is 5.25. The van der Waals surface area contributed by atoms with Crippen molar-refractivity contribution in [3.63, 3.8) is 0 Å². The number of rotatable bonds is 7. The molecule has 7 heteroatoms. The van der Waals surface area contributed by atoms with Gasteiger partial charge in [-0.1, -0.05) is 24.3 Å². The lowest BCUT2D eigenvalue weighted by molar-refractivity contribution is -0.151. The Morgan fingerprint density at radius 1 is 0.889 bits per heavy atom. The van der Waals surface area contributed by atoms with E-state index in [2.05, 4.69) is 5.32 Å². The first-order valence-corrected chi connectivity index (χ1v) is 11.9. The Morgan fingerprint density at radius 3 is 2.22 bits per heavy atom. The summed E-state index contributed by atoms with van der Waals surface area (Å²) in [6.07, 6.45) is 0.0399. The number of para-hydroxylation sites is 1. The van der Waals surface area contributed by atoms with Gasteiger partial charge in [-0.05, 0) is 86.3 Å². The number of anilines is 2. The molecule has 0 saturated carbocycles. The molecule has 0 spiro atoms. The van der Waals surface area contributed by atoms with Gasteiger partial charge in [0.1, 0.15) is 11.5 Å². The molecule has 36 heavy (non-hydrogen) atoms. The van der Waals surface area contributed by atoms with E-state index in [1.165, 1.54) is 5.56 Å². The van der Waals surface area contributed by atoms with Crippen LogP contribution < -0.4 is 15.0 Å². The minimum atomic E-state index is -0.628. The maximum Gasteiger partial charge on any atom is 0.311 e. The molecule has 0 aliphatic carbocycles. The Labute approximate surface area is 211 Å². The summed E-state index contributed by atoms with van der Waals surface area (Å²) in [5.74, 6) is -0.373. The van der Waals surface area contributed by atoms with Crippen LogP contribution in [0.2, 0.25) is 0 Å². The fourth-order valence-electron chi connectivity index (χ4n) is 4.16. The molecule has 1 saturated heterocycles. The summed E-state index contributed by atoms with van der Waals surface area (Å²) < 4.78 is 11.1. The zero-order valence-corrected chi connectivity index (χ0v) is 21.0. The van der Waals surface area contributed by atoms with E-state index < -0.39 is 24.4 Å². The van der Waals surface area contributed by atoms with E-state index >= 15 is 0 Å². The third-order valence-electron chi connectivity index (χ3n) is 6.41. The van der Waals surface area contributed by atoms with Gasteiger partial charge in [0.25, 0.3) is 5.91 Å². The van der Waals surface area contributed by atoms with Crippen molar-refractivity contribution in [3.05, 3.63) is 82.9 Å². The van der Waals surface area contributed by atoms with Gasteiger partial charge in [0.15, 0.2) is 6.61 Å². The number of carbonyl (C=O) groups excluding carboxylic acids is 3. The van der Waals surface area contributed by atoms with E-state index in [0.29, 0.717) is 17.1 Å². The van der Waals surface area contributed by atoms with Crippen LogP contribution in [0.25, 0.3) is 0 Å². The van der Waals surface area contributed by atoms with Crippen molar-refractivity contribution in [2.75, 3.05) is 23.4 Å². The quantitative estimate of drug-likeness (QED) is 0.461. The number of hydrogen-bond donors (Lipinski definition) is 1. The Kier molecular flexibility index (Phi) is 7.38. The van der Waals surface area contributed by atoms with Gasteiger partial charge in [-0.2, -0.15) is 0 Å². The van der Waals surface area contributed by atoms with Crippen molar-refractivity contribution >= 4 is 29.2 Å². The van der Waals surface area contributed by atoms with E-state index in [1.807, 2.05) is 64.1 Å². The van der Waals surface area contributed by atoms with Crippen molar-refractivity contribution in [3.8, 4) is 11.5 Å². The normalized spacial score (nSPS) is 15.1. The van der Waals surface area contributed by atoms with E-state index in [4.69, 9.17) is 9.47 Å². The van der Waals surface area contributed by atoms with E-state index in [0.717, 1.165) is 22.4 Å². The minimum Gasteiger partial charge on any atom is -0.457 e. The molecule has 1 N–H and O–H groups in total. The standard InChI is InChI=1S/C29H30N2O5/c1-18-8-11-25(14-21(18)4)36-24-12-9-23(10-13-24)31-16-22(15-27(31)33)29(34)35-17-26(32)30-28-19(2)6-5-7-20(28)3/h5-14,22H,15-17H2,1-4H3,(H,30,32)/t22-/m0/s1. The zero-order chi connectivity index (χ0) is 25.8. The average Bonchev–Trinajstić information content (AvgIpc) is 3.24. The molecule has 1 fully saturated rings. The summed E-state index contributed by atoms with van der Waals surface area (Å²) in [5, 5.41) is 2.79. The molecule has 7 nitrogen and oxygen atoms in total. The second-order valence-corrected chi connectivity index (χ2v) is 9.17. The molecule has 0 unspecified atom stereocenters. The van der Waals surface area contributed by atoms with Gasteiger partial charge in [0.05, 0.1) is 5.92 Å². The molecule has 1 aliphatic rings. The molecular formula is C29H30N2O5. The lowest BCUT2D eigenvalue weighted by Crippen LogP contribution is -2.28. The van der Waals surface area contributed by atoms with Gasteiger partial charge in [-0.15, -0.1) is 0 Å². The molecule has 2 amide bonds. The van der Waals surface area contributed by atoms with E-state index in [9.17, 15) is 14.4 Å². The van der Waals surface area contributed by atoms with Gasteiger partial charge >= 0.3 is 5.97 Å². The minimum absolute atomic E-state index is 0.0399.